The van der Waals surface area contributed by atoms with Gasteiger partial charge in [0, 0.05) is 49.4 Å². The minimum absolute atomic E-state index is 0.0195. The molecule has 5 nitrogen and oxygen atoms in total. The van der Waals surface area contributed by atoms with Gasteiger partial charge in [-0.25, -0.2) is 0 Å². The van der Waals surface area contributed by atoms with Crippen LogP contribution in [-0.2, 0) is 11.3 Å². The van der Waals surface area contributed by atoms with Gasteiger partial charge in [-0.3, -0.25) is 9.59 Å². The van der Waals surface area contributed by atoms with Crippen LogP contribution in [0.25, 0.3) is 21.7 Å². The number of carbonyl (C=O) groups excluding carboxylic acids is 2. The van der Waals surface area contributed by atoms with Crippen LogP contribution in [0.15, 0.2) is 79.0 Å². The number of piperidine rings is 1. The Balaban J connectivity index is 1.10. The summed E-state index contributed by atoms with van der Waals surface area (Å²) in [5, 5.41) is 6.41. The van der Waals surface area contributed by atoms with Gasteiger partial charge in [-0.05, 0) is 53.6 Å². The number of likely N-dealkylation sites (tertiary alicyclic amines) is 1. The molecule has 0 saturated carbocycles. The van der Waals surface area contributed by atoms with Crippen molar-refractivity contribution in [3.63, 3.8) is 0 Å². The SMILES string of the molecule is O=C(NCCCn1ccc2ccccc21)C1CCN(C(=O)c2cccc3ccccc23)CC1. The number of hydrogen-bond acceptors (Lipinski definition) is 2. The summed E-state index contributed by atoms with van der Waals surface area (Å²) in [5.74, 6) is 0.156. The highest BCUT2D eigenvalue weighted by Crippen LogP contribution is 2.24. The Morgan fingerprint density at radius 1 is 0.848 bits per heavy atom. The van der Waals surface area contributed by atoms with E-state index in [-0.39, 0.29) is 17.7 Å². The fraction of sp³-hybridized carbons (Fsp3) is 0.286. The van der Waals surface area contributed by atoms with E-state index in [1.165, 1.54) is 10.9 Å². The molecule has 1 fully saturated rings. The standard InChI is InChI=1S/C28H29N3O2/c32-27(29-16-6-17-30-18-13-22-8-2-4-12-26(22)30)23-14-19-31(20-15-23)28(33)25-11-5-9-21-7-1-3-10-24(21)25/h1-5,7-13,18,23H,6,14-17,19-20H2,(H,29,32). The van der Waals surface area contributed by atoms with Crippen LogP contribution in [0.4, 0.5) is 0 Å². The Morgan fingerprint density at radius 3 is 2.42 bits per heavy atom. The summed E-state index contributed by atoms with van der Waals surface area (Å²) < 4.78 is 2.23. The summed E-state index contributed by atoms with van der Waals surface area (Å²) in [6, 6.07) is 24.3. The molecule has 0 bridgehead atoms. The zero-order valence-electron chi connectivity index (χ0n) is 18.7. The number of aromatic nitrogens is 1. The summed E-state index contributed by atoms with van der Waals surface area (Å²) in [7, 11) is 0. The summed E-state index contributed by atoms with van der Waals surface area (Å²) >= 11 is 0. The minimum Gasteiger partial charge on any atom is -0.356 e. The van der Waals surface area contributed by atoms with E-state index < -0.39 is 0 Å². The van der Waals surface area contributed by atoms with Crippen LogP contribution in [0, 0.1) is 5.92 Å². The third-order valence-electron chi connectivity index (χ3n) is 6.73. The van der Waals surface area contributed by atoms with Gasteiger partial charge in [0.05, 0.1) is 0 Å². The smallest absolute Gasteiger partial charge is 0.254 e. The van der Waals surface area contributed by atoms with Gasteiger partial charge in [-0.2, -0.15) is 0 Å². The summed E-state index contributed by atoms with van der Waals surface area (Å²) in [6.07, 6.45) is 4.42. The van der Waals surface area contributed by atoms with Gasteiger partial charge in [0.2, 0.25) is 5.91 Å². The number of fused-ring (bicyclic) bond motifs is 2. The van der Waals surface area contributed by atoms with Gasteiger partial charge in [-0.1, -0.05) is 54.6 Å². The van der Waals surface area contributed by atoms with Crippen LogP contribution in [0.3, 0.4) is 0 Å². The molecule has 5 heteroatoms. The molecule has 0 radical (unpaired) electrons. The lowest BCUT2D eigenvalue weighted by Crippen LogP contribution is -2.43. The third-order valence-corrected chi connectivity index (χ3v) is 6.73. The second-order valence-electron chi connectivity index (χ2n) is 8.81. The van der Waals surface area contributed by atoms with E-state index in [0.717, 1.165) is 29.3 Å². The topological polar surface area (TPSA) is 54.3 Å². The normalized spacial score (nSPS) is 14.6. The van der Waals surface area contributed by atoms with E-state index in [2.05, 4.69) is 40.3 Å². The summed E-state index contributed by atoms with van der Waals surface area (Å²) in [5.41, 5.74) is 1.97. The first-order valence-electron chi connectivity index (χ1n) is 11.8. The molecule has 0 unspecified atom stereocenters. The maximum absolute atomic E-state index is 13.1. The van der Waals surface area contributed by atoms with Crippen molar-refractivity contribution in [2.45, 2.75) is 25.8 Å². The van der Waals surface area contributed by atoms with Crippen LogP contribution < -0.4 is 5.32 Å². The number of carbonyl (C=O) groups is 2. The average molecular weight is 440 g/mol. The summed E-state index contributed by atoms with van der Waals surface area (Å²) in [6.45, 7) is 2.79. The lowest BCUT2D eigenvalue weighted by Gasteiger charge is -2.31. The largest absolute Gasteiger partial charge is 0.356 e. The second-order valence-corrected chi connectivity index (χ2v) is 8.81. The Hall–Kier alpha value is -3.60. The maximum atomic E-state index is 13.1. The molecule has 1 aliphatic heterocycles. The predicted molar refractivity (Wildman–Crippen MR) is 132 cm³/mol. The van der Waals surface area contributed by atoms with Gasteiger partial charge in [-0.15, -0.1) is 0 Å². The molecular weight excluding hydrogens is 410 g/mol. The molecule has 5 rings (SSSR count). The van der Waals surface area contributed by atoms with Crippen LogP contribution in [0.2, 0.25) is 0 Å². The van der Waals surface area contributed by atoms with Crippen molar-refractivity contribution in [2.24, 2.45) is 5.92 Å². The van der Waals surface area contributed by atoms with Crippen LogP contribution in [-0.4, -0.2) is 40.9 Å². The van der Waals surface area contributed by atoms with Crippen molar-refractivity contribution in [3.05, 3.63) is 84.6 Å². The van der Waals surface area contributed by atoms with Crippen LogP contribution >= 0.6 is 0 Å². The summed E-state index contributed by atoms with van der Waals surface area (Å²) in [4.78, 5) is 27.7. The van der Waals surface area contributed by atoms with Gasteiger partial charge < -0.3 is 14.8 Å². The van der Waals surface area contributed by atoms with Gasteiger partial charge in [0.1, 0.15) is 0 Å². The molecule has 168 valence electrons. The molecule has 1 aromatic heterocycles. The number of nitrogens with one attached hydrogen (secondary N) is 1. The second kappa shape index (κ2) is 9.49. The number of aryl methyl sites for hydroxylation is 1. The van der Waals surface area contributed by atoms with Crippen molar-refractivity contribution in [2.75, 3.05) is 19.6 Å². The number of para-hydroxylation sites is 1. The predicted octanol–water partition coefficient (Wildman–Crippen LogP) is 4.85. The highest BCUT2D eigenvalue weighted by atomic mass is 16.2. The number of rotatable bonds is 6. The molecule has 0 spiro atoms. The Bertz CT molecular complexity index is 1280. The van der Waals surface area contributed by atoms with Crippen molar-refractivity contribution in [1.82, 2.24) is 14.8 Å². The average Bonchev–Trinajstić information content (AvgIpc) is 3.29. The van der Waals surface area contributed by atoms with Gasteiger partial charge in [0.25, 0.3) is 5.91 Å². The Labute approximate surface area is 194 Å². The maximum Gasteiger partial charge on any atom is 0.254 e. The molecule has 33 heavy (non-hydrogen) atoms. The van der Waals surface area contributed by atoms with Crippen molar-refractivity contribution in [1.29, 1.82) is 0 Å². The Morgan fingerprint density at radius 2 is 1.58 bits per heavy atom. The molecule has 1 N–H and O–H groups in total. The fourth-order valence-corrected chi connectivity index (χ4v) is 4.87. The first-order chi connectivity index (χ1) is 16.2. The van der Waals surface area contributed by atoms with E-state index >= 15 is 0 Å². The van der Waals surface area contributed by atoms with E-state index in [4.69, 9.17) is 0 Å². The molecule has 2 amide bonds. The van der Waals surface area contributed by atoms with Crippen LogP contribution in [0.1, 0.15) is 29.6 Å². The van der Waals surface area contributed by atoms with E-state index in [1.54, 1.807) is 0 Å². The van der Waals surface area contributed by atoms with Crippen LogP contribution in [0.5, 0.6) is 0 Å². The minimum atomic E-state index is -0.0195. The van der Waals surface area contributed by atoms with Gasteiger partial charge >= 0.3 is 0 Å². The number of hydrogen-bond donors (Lipinski definition) is 1. The quantitative estimate of drug-likeness (QED) is 0.437. The molecular formula is C28H29N3O2. The lowest BCUT2D eigenvalue weighted by atomic mass is 9.94. The Kier molecular flexibility index (Phi) is 6.11. The highest BCUT2D eigenvalue weighted by Gasteiger charge is 2.28. The molecule has 1 aliphatic rings. The van der Waals surface area contributed by atoms with Crippen molar-refractivity contribution >= 4 is 33.5 Å². The monoisotopic (exact) mass is 439 g/mol. The van der Waals surface area contributed by atoms with Gasteiger partial charge in [0.15, 0.2) is 0 Å². The molecule has 2 heterocycles. The molecule has 0 atom stereocenters. The lowest BCUT2D eigenvalue weighted by molar-refractivity contribution is -0.126. The van der Waals surface area contributed by atoms with E-state index in [1.807, 2.05) is 53.4 Å². The first-order valence-corrected chi connectivity index (χ1v) is 11.8. The molecule has 0 aliphatic carbocycles. The van der Waals surface area contributed by atoms with Crippen molar-refractivity contribution in [3.8, 4) is 0 Å². The zero-order valence-corrected chi connectivity index (χ0v) is 18.7. The number of benzene rings is 3. The molecule has 3 aromatic carbocycles. The fourth-order valence-electron chi connectivity index (χ4n) is 4.87. The highest BCUT2D eigenvalue weighted by molar-refractivity contribution is 6.07. The number of amides is 2. The first kappa shape index (κ1) is 21.3. The molecule has 4 aromatic rings. The van der Waals surface area contributed by atoms with E-state index in [0.29, 0.717) is 32.5 Å². The van der Waals surface area contributed by atoms with Crippen molar-refractivity contribution < 1.29 is 9.59 Å². The van der Waals surface area contributed by atoms with E-state index in [9.17, 15) is 9.59 Å². The zero-order chi connectivity index (χ0) is 22.6. The number of nitrogens with zero attached hydrogens (tertiary/aromatic N) is 2. The molecule has 1 saturated heterocycles. The third kappa shape index (κ3) is 4.49.